The molecule has 0 saturated heterocycles. The highest BCUT2D eigenvalue weighted by Crippen LogP contribution is 2.33. The van der Waals surface area contributed by atoms with Crippen molar-refractivity contribution in [3.8, 4) is 0 Å². The fraction of sp³-hybridized carbons (Fsp3) is 0.550. The maximum atomic E-state index is 6.38. The molecule has 1 saturated carbocycles. The van der Waals surface area contributed by atoms with Crippen LogP contribution in [-0.2, 0) is 4.18 Å². The molecule has 0 spiro atoms. The summed E-state index contributed by atoms with van der Waals surface area (Å²) in [6.45, 7) is 0.800. The molecule has 1 atom stereocenters. The number of hydrogen-bond donors (Lipinski definition) is 2. The van der Waals surface area contributed by atoms with E-state index in [2.05, 4.69) is 16.4 Å². The van der Waals surface area contributed by atoms with E-state index in [1.165, 1.54) is 37.7 Å². The third-order valence-electron chi connectivity index (χ3n) is 5.23. The zero-order chi connectivity index (χ0) is 18.6. The maximum Gasteiger partial charge on any atom is 0.114 e. The van der Waals surface area contributed by atoms with Crippen LogP contribution in [0.3, 0.4) is 0 Å². The summed E-state index contributed by atoms with van der Waals surface area (Å²) in [5.74, 6) is 1.05. The Labute approximate surface area is 174 Å². The second-order valence-electron chi connectivity index (χ2n) is 7.26. The van der Waals surface area contributed by atoms with Crippen molar-refractivity contribution in [2.45, 2.75) is 50.6 Å². The van der Waals surface area contributed by atoms with Gasteiger partial charge in [-0.1, -0.05) is 24.4 Å². The predicted octanol–water partition coefficient (Wildman–Crippen LogP) is 6.11. The topological polar surface area (TPSA) is 49.4 Å². The molecule has 146 valence electrons. The summed E-state index contributed by atoms with van der Waals surface area (Å²) in [4.78, 5) is 8.54. The maximum absolute atomic E-state index is 6.38. The first kappa shape index (κ1) is 19.5. The van der Waals surface area contributed by atoms with Crippen molar-refractivity contribution < 1.29 is 4.18 Å². The molecule has 2 heterocycles. The smallest absolute Gasteiger partial charge is 0.114 e. The Balaban J connectivity index is 1.51. The molecular formula is C20H26ClN3OS2. The Morgan fingerprint density at radius 2 is 2.19 bits per heavy atom. The van der Waals surface area contributed by atoms with Gasteiger partial charge in [-0.15, -0.1) is 11.8 Å². The Morgan fingerprint density at radius 1 is 1.33 bits per heavy atom. The molecule has 1 fully saturated rings. The first-order valence-electron chi connectivity index (χ1n) is 9.68. The molecule has 1 aliphatic carbocycles. The number of hydrogen-bond acceptors (Lipinski definition) is 5. The van der Waals surface area contributed by atoms with Gasteiger partial charge in [0, 0.05) is 28.5 Å². The summed E-state index contributed by atoms with van der Waals surface area (Å²) in [6.07, 6.45) is 9.21. The zero-order valence-corrected chi connectivity index (χ0v) is 18.0. The molecule has 1 aromatic heterocycles. The van der Waals surface area contributed by atoms with Crippen molar-refractivity contribution in [1.29, 1.82) is 0 Å². The first-order valence-corrected chi connectivity index (χ1v) is 12.2. The van der Waals surface area contributed by atoms with Gasteiger partial charge in [-0.3, -0.25) is 4.99 Å². The van der Waals surface area contributed by atoms with Gasteiger partial charge in [0.1, 0.15) is 5.04 Å². The van der Waals surface area contributed by atoms with Crippen LogP contribution in [0.15, 0.2) is 23.2 Å². The van der Waals surface area contributed by atoms with Crippen molar-refractivity contribution in [2.24, 2.45) is 4.99 Å². The second-order valence-corrected chi connectivity index (χ2v) is 9.27. The van der Waals surface area contributed by atoms with Crippen molar-refractivity contribution in [3.05, 3.63) is 28.9 Å². The normalized spacial score (nSPS) is 20.5. The van der Waals surface area contributed by atoms with Gasteiger partial charge in [0.2, 0.25) is 0 Å². The average Bonchev–Trinajstić information content (AvgIpc) is 3.38. The van der Waals surface area contributed by atoms with Crippen LogP contribution in [-0.4, -0.2) is 40.7 Å². The largest absolute Gasteiger partial charge is 0.381 e. The Morgan fingerprint density at radius 3 is 3.00 bits per heavy atom. The van der Waals surface area contributed by atoms with Gasteiger partial charge in [0.25, 0.3) is 0 Å². The van der Waals surface area contributed by atoms with E-state index < -0.39 is 0 Å². The molecule has 0 radical (unpaired) electrons. The number of aromatic nitrogens is 1. The molecule has 2 aromatic rings. The molecule has 1 aliphatic heterocycles. The van der Waals surface area contributed by atoms with Crippen LogP contribution in [0.25, 0.3) is 10.9 Å². The van der Waals surface area contributed by atoms with E-state index in [9.17, 15) is 0 Å². The Kier molecular flexibility index (Phi) is 6.58. The van der Waals surface area contributed by atoms with Crippen molar-refractivity contribution in [2.75, 3.05) is 23.9 Å². The fourth-order valence-corrected chi connectivity index (χ4v) is 5.49. The van der Waals surface area contributed by atoms with Gasteiger partial charge in [-0.25, -0.2) is 0 Å². The average molecular weight is 424 g/mol. The predicted molar refractivity (Wildman–Crippen MR) is 121 cm³/mol. The molecule has 1 unspecified atom stereocenters. The summed E-state index contributed by atoms with van der Waals surface area (Å²) in [7, 11) is 0. The zero-order valence-electron chi connectivity index (χ0n) is 15.6. The van der Waals surface area contributed by atoms with Crippen LogP contribution in [0.1, 0.15) is 44.2 Å². The number of halogens is 1. The summed E-state index contributed by atoms with van der Waals surface area (Å²) < 4.78 is 5.36. The number of thioether (sulfide) groups is 1. The molecule has 1 aromatic carbocycles. The van der Waals surface area contributed by atoms with E-state index in [-0.39, 0.29) is 0 Å². The minimum absolute atomic E-state index is 0.390. The van der Waals surface area contributed by atoms with E-state index >= 15 is 0 Å². The lowest BCUT2D eigenvalue weighted by atomic mass is 10.2. The van der Waals surface area contributed by atoms with Crippen molar-refractivity contribution in [1.82, 2.24) is 4.98 Å². The lowest BCUT2D eigenvalue weighted by Gasteiger charge is -2.14. The lowest BCUT2D eigenvalue weighted by molar-refractivity contribution is 0.355. The van der Waals surface area contributed by atoms with Crippen molar-refractivity contribution in [3.63, 3.8) is 0 Å². The lowest BCUT2D eigenvalue weighted by Crippen LogP contribution is -2.14. The number of H-pyrrole nitrogens is 1. The van der Waals surface area contributed by atoms with E-state index in [0.29, 0.717) is 12.1 Å². The Hall–Kier alpha value is -0.820. The summed E-state index contributed by atoms with van der Waals surface area (Å²) >= 11 is 9.66. The number of nitrogens with one attached hydrogen (secondary N) is 2. The number of benzene rings is 1. The van der Waals surface area contributed by atoms with Crippen LogP contribution in [0.4, 0.5) is 5.69 Å². The molecule has 2 N–H and O–H groups in total. The number of anilines is 1. The molecule has 27 heavy (non-hydrogen) atoms. The third-order valence-corrected chi connectivity index (χ3v) is 7.00. The van der Waals surface area contributed by atoms with E-state index in [0.717, 1.165) is 57.6 Å². The van der Waals surface area contributed by atoms with Gasteiger partial charge >= 0.3 is 0 Å². The van der Waals surface area contributed by atoms with Gasteiger partial charge in [-0.2, -0.15) is 0 Å². The van der Waals surface area contributed by atoms with Crippen LogP contribution in [0, 0.1) is 0 Å². The van der Waals surface area contributed by atoms with E-state index in [1.807, 2.05) is 30.2 Å². The monoisotopic (exact) mass is 423 g/mol. The molecule has 7 heteroatoms. The van der Waals surface area contributed by atoms with Gasteiger partial charge < -0.3 is 14.5 Å². The molecule has 2 aliphatic rings. The summed E-state index contributed by atoms with van der Waals surface area (Å²) in [5.41, 5.74) is 3.36. The number of fused-ring (bicyclic) bond motifs is 1. The van der Waals surface area contributed by atoms with Gasteiger partial charge in [0.15, 0.2) is 0 Å². The molecule has 4 rings (SSSR count). The number of aromatic amines is 1. The first-order chi connectivity index (χ1) is 13.2. The minimum atomic E-state index is 0.390. The molecule has 0 bridgehead atoms. The van der Waals surface area contributed by atoms with Crippen molar-refractivity contribution >= 4 is 57.0 Å². The number of rotatable bonds is 8. The number of nitrogens with zero attached hydrogens (tertiary/aromatic N) is 1. The standard InChI is InChI=1S/C20H26ClN3OS2/c1-26-25-8-4-7-16-12-27-20(23-16)18-10-13-9-14(21)11-17(19(13)24-18)22-15-5-2-3-6-15/h9-11,15-16,22,24H,2-8,12H2,1H3. The van der Waals surface area contributed by atoms with E-state index in [1.54, 1.807) is 0 Å². The van der Waals surface area contributed by atoms with Gasteiger partial charge in [-0.05, 0) is 55.9 Å². The van der Waals surface area contributed by atoms with Crippen LogP contribution < -0.4 is 5.32 Å². The highest BCUT2D eigenvalue weighted by atomic mass is 35.5. The highest BCUT2D eigenvalue weighted by molar-refractivity contribution is 8.14. The number of aliphatic imine (C=N–C) groups is 1. The Bertz CT molecular complexity index is 817. The van der Waals surface area contributed by atoms with E-state index in [4.69, 9.17) is 20.8 Å². The van der Waals surface area contributed by atoms with Gasteiger partial charge in [0.05, 0.1) is 29.5 Å². The third kappa shape index (κ3) is 4.78. The molecular weight excluding hydrogens is 398 g/mol. The molecule has 4 nitrogen and oxygen atoms in total. The molecule has 0 amide bonds. The summed E-state index contributed by atoms with van der Waals surface area (Å²) in [5, 5.41) is 6.74. The SMILES string of the molecule is CSOCCCC1CSC(c2cc3cc(Cl)cc(NC4CCCC4)c3[nH]2)=N1. The fourth-order valence-electron chi connectivity index (χ4n) is 3.90. The van der Waals surface area contributed by atoms with Crippen LogP contribution in [0.5, 0.6) is 0 Å². The minimum Gasteiger partial charge on any atom is -0.381 e. The quantitative estimate of drug-likeness (QED) is 0.397. The second kappa shape index (κ2) is 9.12. The summed E-state index contributed by atoms with van der Waals surface area (Å²) in [6, 6.07) is 7.21. The highest BCUT2D eigenvalue weighted by Gasteiger charge is 2.22. The van der Waals surface area contributed by atoms with Crippen LogP contribution >= 0.6 is 35.4 Å². The van der Waals surface area contributed by atoms with Crippen LogP contribution in [0.2, 0.25) is 5.02 Å².